The van der Waals surface area contributed by atoms with Crippen LogP contribution < -0.4 is 4.72 Å². The van der Waals surface area contributed by atoms with Gasteiger partial charge in [-0.3, -0.25) is 9.59 Å². The molecule has 2 N–H and O–H groups in total. The van der Waals surface area contributed by atoms with Gasteiger partial charge in [-0.2, -0.15) is 0 Å². The molecule has 0 aromatic heterocycles. The molecule has 0 aliphatic heterocycles. The molecule has 0 heterocycles. The number of sulfonamides is 1. The molecule has 1 fully saturated rings. The lowest BCUT2D eigenvalue weighted by molar-refractivity contribution is -0.141. The second kappa shape index (κ2) is 5.95. The minimum atomic E-state index is -3.78. The zero-order valence-electron chi connectivity index (χ0n) is 11.6. The fourth-order valence-electron chi connectivity index (χ4n) is 2.53. The van der Waals surface area contributed by atoms with Gasteiger partial charge in [0.05, 0.1) is 10.8 Å². The summed E-state index contributed by atoms with van der Waals surface area (Å²) in [6, 6.07) is 5.01. The van der Waals surface area contributed by atoms with Crippen molar-refractivity contribution in [1.82, 2.24) is 4.72 Å². The lowest BCUT2D eigenvalue weighted by Gasteiger charge is -2.17. The largest absolute Gasteiger partial charge is 0.481 e. The Morgan fingerprint density at radius 3 is 2.33 bits per heavy atom. The number of benzene rings is 1. The molecule has 114 valence electrons. The van der Waals surface area contributed by atoms with Crippen molar-refractivity contribution >= 4 is 21.8 Å². The lowest BCUT2D eigenvalue weighted by Crippen LogP contribution is -2.40. The van der Waals surface area contributed by atoms with Gasteiger partial charge in [0.1, 0.15) is 0 Å². The average molecular weight is 311 g/mol. The minimum absolute atomic E-state index is 0.0311. The quantitative estimate of drug-likeness (QED) is 0.801. The van der Waals surface area contributed by atoms with E-state index in [9.17, 15) is 18.0 Å². The van der Waals surface area contributed by atoms with Crippen LogP contribution in [0.5, 0.6) is 0 Å². The summed E-state index contributed by atoms with van der Waals surface area (Å²) in [6.07, 6.45) is 1.68. The third-order valence-corrected chi connectivity index (χ3v) is 5.22. The molecule has 1 saturated carbocycles. The highest BCUT2D eigenvalue weighted by Crippen LogP contribution is 2.27. The van der Waals surface area contributed by atoms with Crippen molar-refractivity contribution in [3.05, 3.63) is 29.8 Å². The van der Waals surface area contributed by atoms with Crippen molar-refractivity contribution in [2.24, 2.45) is 5.92 Å². The maximum Gasteiger partial charge on any atom is 0.308 e. The molecule has 0 saturated heterocycles. The van der Waals surface area contributed by atoms with Crippen molar-refractivity contribution in [1.29, 1.82) is 0 Å². The number of carboxylic acids is 1. The van der Waals surface area contributed by atoms with Gasteiger partial charge in [-0.1, -0.05) is 18.6 Å². The molecule has 1 aliphatic rings. The van der Waals surface area contributed by atoms with Gasteiger partial charge < -0.3 is 5.11 Å². The normalized spacial score (nSPS) is 22.1. The fourth-order valence-corrected chi connectivity index (χ4v) is 3.84. The maximum atomic E-state index is 12.2. The molecule has 0 bridgehead atoms. The standard InChI is InChI=1S/C14H17NO5S/c1-9(16)10-5-7-11(8-6-10)21(19,20)15-13-4-2-3-12(13)14(17)18/h5-8,12-13,15H,2-4H2,1H3,(H,17,18). The molecule has 0 spiro atoms. The van der Waals surface area contributed by atoms with E-state index < -0.39 is 28.0 Å². The van der Waals surface area contributed by atoms with Gasteiger partial charge in [-0.05, 0) is 31.9 Å². The minimum Gasteiger partial charge on any atom is -0.481 e. The first-order chi connectivity index (χ1) is 9.81. The molecule has 21 heavy (non-hydrogen) atoms. The van der Waals surface area contributed by atoms with Crippen LogP contribution in [-0.4, -0.2) is 31.3 Å². The van der Waals surface area contributed by atoms with Gasteiger partial charge in [-0.15, -0.1) is 0 Å². The van der Waals surface area contributed by atoms with E-state index in [1.54, 1.807) is 0 Å². The van der Waals surface area contributed by atoms with Crippen LogP contribution in [0.1, 0.15) is 36.5 Å². The van der Waals surface area contributed by atoms with E-state index in [1.165, 1.54) is 31.2 Å². The summed E-state index contributed by atoms with van der Waals surface area (Å²) in [5.41, 5.74) is 0.429. The molecule has 1 aromatic rings. The first-order valence-electron chi connectivity index (χ1n) is 6.67. The van der Waals surface area contributed by atoms with Gasteiger partial charge in [-0.25, -0.2) is 13.1 Å². The Balaban J connectivity index is 2.18. The average Bonchev–Trinajstić information content (AvgIpc) is 2.86. The highest BCUT2D eigenvalue weighted by molar-refractivity contribution is 7.89. The number of hydrogen-bond acceptors (Lipinski definition) is 4. The smallest absolute Gasteiger partial charge is 0.308 e. The van der Waals surface area contributed by atoms with Crippen molar-refractivity contribution in [3.63, 3.8) is 0 Å². The van der Waals surface area contributed by atoms with Crippen LogP contribution in [0.4, 0.5) is 0 Å². The zero-order chi connectivity index (χ0) is 15.6. The number of rotatable bonds is 5. The second-order valence-electron chi connectivity index (χ2n) is 5.18. The van der Waals surface area contributed by atoms with E-state index in [1.807, 2.05) is 0 Å². The third kappa shape index (κ3) is 3.48. The molecule has 0 amide bonds. The lowest BCUT2D eigenvalue weighted by atomic mass is 10.1. The molecule has 0 radical (unpaired) electrons. The number of carbonyl (C=O) groups excluding carboxylic acids is 1. The number of nitrogens with one attached hydrogen (secondary N) is 1. The summed E-state index contributed by atoms with van der Waals surface area (Å²) in [7, 11) is -3.78. The number of carbonyl (C=O) groups is 2. The first-order valence-corrected chi connectivity index (χ1v) is 8.16. The summed E-state index contributed by atoms with van der Waals surface area (Å²) in [6.45, 7) is 1.40. The highest BCUT2D eigenvalue weighted by Gasteiger charge is 2.35. The SMILES string of the molecule is CC(=O)c1ccc(S(=O)(=O)NC2CCCC2C(=O)O)cc1. The van der Waals surface area contributed by atoms with Crippen molar-refractivity contribution in [2.75, 3.05) is 0 Å². The van der Waals surface area contributed by atoms with Crippen LogP contribution in [0.25, 0.3) is 0 Å². The van der Waals surface area contributed by atoms with E-state index >= 15 is 0 Å². The van der Waals surface area contributed by atoms with Gasteiger partial charge >= 0.3 is 5.97 Å². The molecular formula is C14H17NO5S. The zero-order valence-corrected chi connectivity index (χ0v) is 12.4. The number of hydrogen-bond donors (Lipinski definition) is 2. The summed E-state index contributed by atoms with van der Waals surface area (Å²) in [4.78, 5) is 22.3. The van der Waals surface area contributed by atoms with Crippen molar-refractivity contribution < 1.29 is 23.1 Å². The van der Waals surface area contributed by atoms with E-state index in [4.69, 9.17) is 5.11 Å². The molecule has 1 aromatic carbocycles. The Morgan fingerprint density at radius 1 is 1.19 bits per heavy atom. The predicted molar refractivity (Wildman–Crippen MR) is 75.5 cm³/mol. The third-order valence-electron chi connectivity index (χ3n) is 3.71. The summed E-state index contributed by atoms with van der Waals surface area (Å²) in [5, 5.41) is 9.08. The Labute approximate surface area is 123 Å². The van der Waals surface area contributed by atoms with E-state index in [2.05, 4.69) is 4.72 Å². The van der Waals surface area contributed by atoms with Gasteiger partial charge in [0.15, 0.2) is 5.78 Å². The van der Waals surface area contributed by atoms with Crippen molar-refractivity contribution in [2.45, 2.75) is 37.1 Å². The summed E-state index contributed by atoms with van der Waals surface area (Å²) in [5.74, 6) is -1.81. The van der Waals surface area contributed by atoms with Gasteiger partial charge in [0.25, 0.3) is 0 Å². The Hall–Kier alpha value is -1.73. The van der Waals surface area contributed by atoms with E-state index in [0.29, 0.717) is 24.8 Å². The number of ketones is 1. The Morgan fingerprint density at radius 2 is 1.81 bits per heavy atom. The highest BCUT2D eigenvalue weighted by atomic mass is 32.2. The van der Waals surface area contributed by atoms with Crippen LogP contribution in [0.2, 0.25) is 0 Å². The Kier molecular flexibility index (Phi) is 4.43. The molecule has 7 heteroatoms. The van der Waals surface area contributed by atoms with Crippen LogP contribution in [0, 0.1) is 5.92 Å². The maximum absolute atomic E-state index is 12.2. The van der Waals surface area contributed by atoms with Crippen LogP contribution in [-0.2, 0) is 14.8 Å². The molecule has 2 atom stereocenters. The summed E-state index contributed by atoms with van der Waals surface area (Å²) >= 11 is 0. The monoisotopic (exact) mass is 311 g/mol. The topological polar surface area (TPSA) is 101 Å². The summed E-state index contributed by atoms with van der Waals surface area (Å²) < 4.78 is 27.0. The van der Waals surface area contributed by atoms with E-state index in [0.717, 1.165) is 0 Å². The van der Waals surface area contributed by atoms with Crippen molar-refractivity contribution in [3.8, 4) is 0 Å². The number of Topliss-reactive ketones (excluding diaryl/α,β-unsaturated/α-hetero) is 1. The van der Waals surface area contributed by atoms with Crippen LogP contribution in [0.15, 0.2) is 29.2 Å². The van der Waals surface area contributed by atoms with Crippen LogP contribution in [0.3, 0.4) is 0 Å². The molecule has 1 aliphatic carbocycles. The van der Waals surface area contributed by atoms with Gasteiger partial charge in [0, 0.05) is 11.6 Å². The Bertz CT molecular complexity index is 650. The second-order valence-corrected chi connectivity index (χ2v) is 6.90. The molecule has 6 nitrogen and oxygen atoms in total. The predicted octanol–water partition coefficient (Wildman–Crippen LogP) is 1.42. The molecule has 2 unspecified atom stereocenters. The first kappa shape index (κ1) is 15.7. The van der Waals surface area contributed by atoms with Gasteiger partial charge in [0.2, 0.25) is 10.0 Å². The number of aliphatic carboxylic acids is 1. The molecular weight excluding hydrogens is 294 g/mol. The van der Waals surface area contributed by atoms with E-state index in [-0.39, 0.29) is 10.7 Å². The molecule has 2 rings (SSSR count). The number of carboxylic acid groups (broad SMARTS) is 1. The fraction of sp³-hybridized carbons (Fsp3) is 0.429. The van der Waals surface area contributed by atoms with Crippen LogP contribution >= 0.6 is 0 Å².